The van der Waals surface area contributed by atoms with Crippen LogP contribution in [0.25, 0.3) is 0 Å². The second-order valence-corrected chi connectivity index (χ2v) is 22.7. The summed E-state index contributed by atoms with van der Waals surface area (Å²) in [4.78, 5) is 38.4. The van der Waals surface area contributed by atoms with Crippen molar-refractivity contribution in [3.63, 3.8) is 0 Å². The molecule has 0 bridgehead atoms. The maximum absolute atomic E-state index is 12.9. The fraction of sp³-hybridized carbons (Fsp3) is 0.675. The van der Waals surface area contributed by atoms with Crippen LogP contribution in [0.5, 0.6) is 0 Å². The van der Waals surface area contributed by atoms with E-state index < -0.39 is 6.10 Å². The lowest BCUT2D eigenvalue weighted by Crippen LogP contribution is -2.30. The van der Waals surface area contributed by atoms with Gasteiger partial charge in [-0.2, -0.15) is 0 Å². The minimum atomic E-state index is -0.816. The summed E-state index contributed by atoms with van der Waals surface area (Å²) in [5.41, 5.74) is 0. The van der Waals surface area contributed by atoms with Gasteiger partial charge in [-0.25, -0.2) is 0 Å². The Morgan fingerprint density at radius 3 is 0.807 bits per heavy atom. The van der Waals surface area contributed by atoms with E-state index in [1.54, 1.807) is 0 Å². The van der Waals surface area contributed by atoms with E-state index in [0.717, 1.165) is 109 Å². The van der Waals surface area contributed by atoms with E-state index in [-0.39, 0.29) is 37.5 Å². The van der Waals surface area contributed by atoms with E-state index in [1.165, 1.54) is 161 Å². The largest absolute Gasteiger partial charge is 0.462 e. The minimum Gasteiger partial charge on any atom is -0.462 e. The SMILES string of the molecule is CC/C=C\C/C=C\C/C=C\C/C=C\CCCCCCCCCCCCCCCCCCC(=O)OCC(COC(=O)CC/C=C\C/C=C\C/C=C\C/C=C\CC)OC(=O)CCCCCCCCCC/C=C\C/C=C\C/C=C\CCCCCCC. The van der Waals surface area contributed by atoms with Crippen LogP contribution in [0.15, 0.2) is 134 Å². The Balaban J connectivity index is 4.31. The lowest BCUT2D eigenvalue weighted by Gasteiger charge is -2.18. The van der Waals surface area contributed by atoms with Crippen LogP contribution in [0.3, 0.4) is 0 Å². The van der Waals surface area contributed by atoms with Crippen LogP contribution in [0.2, 0.25) is 0 Å². The van der Waals surface area contributed by atoms with Crippen molar-refractivity contribution in [1.82, 2.24) is 0 Å². The number of hydrogen-bond donors (Lipinski definition) is 0. The van der Waals surface area contributed by atoms with E-state index >= 15 is 0 Å². The molecule has 0 saturated heterocycles. The van der Waals surface area contributed by atoms with Crippen LogP contribution in [0, 0.1) is 0 Å². The summed E-state index contributed by atoms with van der Waals surface area (Å²) in [6.07, 6.45) is 99.2. The Kier molecular flexibility index (Phi) is 66.3. The molecule has 0 aromatic carbocycles. The predicted molar refractivity (Wildman–Crippen MR) is 362 cm³/mol. The van der Waals surface area contributed by atoms with E-state index in [9.17, 15) is 14.4 Å². The smallest absolute Gasteiger partial charge is 0.306 e. The van der Waals surface area contributed by atoms with Crippen LogP contribution in [0.4, 0.5) is 0 Å². The standard InChI is InChI=1S/C77H128O6/c1-4-7-10-13-16-19-22-25-27-29-31-33-35-36-37-38-39-40-42-43-45-47-49-52-55-58-61-64-67-70-76(79)82-73-74(72-81-75(78)69-66-63-60-57-54-51-24-21-18-15-12-9-6-3)83-77(80)71-68-65-62-59-56-53-50-48-46-44-41-34-32-30-28-26-23-20-17-14-11-8-5-2/h7,9-10,12,16,18-19,21,23,25-27,30-33,41,44,51,54,60,63,74H,4-6,8,11,13-15,17,20,22,24,28-29,34-40,42-43,45-50,52-53,55-59,61-62,64-73H2,1-3H3/b10-7-,12-9-,19-16-,21-18-,26-23-,27-25-,32-30-,33-31-,44-41-,54-51-,63-60-. The average Bonchev–Trinajstić information content (AvgIpc) is 3.49. The Bertz CT molecular complexity index is 1750. The average molecular weight is 1150 g/mol. The van der Waals surface area contributed by atoms with Crippen LogP contribution >= 0.6 is 0 Å². The second-order valence-electron chi connectivity index (χ2n) is 22.7. The molecular weight excluding hydrogens is 1020 g/mol. The van der Waals surface area contributed by atoms with Crippen molar-refractivity contribution in [1.29, 1.82) is 0 Å². The quantitative estimate of drug-likeness (QED) is 0.0261. The zero-order chi connectivity index (χ0) is 59.9. The minimum absolute atomic E-state index is 0.105. The fourth-order valence-electron chi connectivity index (χ4n) is 9.52. The number of unbranched alkanes of at least 4 members (excludes halogenated alkanes) is 29. The first-order valence-electron chi connectivity index (χ1n) is 34.7. The molecule has 6 nitrogen and oxygen atoms in total. The molecule has 0 aliphatic rings. The van der Waals surface area contributed by atoms with E-state index in [1.807, 2.05) is 6.08 Å². The Morgan fingerprint density at radius 1 is 0.253 bits per heavy atom. The summed E-state index contributed by atoms with van der Waals surface area (Å²) in [5.74, 6) is -0.990. The molecule has 0 aliphatic carbocycles. The first-order valence-corrected chi connectivity index (χ1v) is 34.7. The third kappa shape index (κ3) is 68.2. The molecule has 0 spiro atoms. The van der Waals surface area contributed by atoms with Gasteiger partial charge in [0.05, 0.1) is 0 Å². The molecule has 0 aliphatic heterocycles. The Hall–Kier alpha value is -4.45. The van der Waals surface area contributed by atoms with Gasteiger partial charge < -0.3 is 14.2 Å². The van der Waals surface area contributed by atoms with Crippen LogP contribution < -0.4 is 0 Å². The molecule has 1 unspecified atom stereocenters. The molecule has 6 heteroatoms. The number of allylic oxidation sites excluding steroid dienone is 22. The first kappa shape index (κ1) is 78.5. The molecule has 0 aromatic heterocycles. The van der Waals surface area contributed by atoms with Crippen molar-refractivity contribution in [2.45, 2.75) is 322 Å². The molecular formula is C77H128O6. The summed E-state index contributed by atoms with van der Waals surface area (Å²) in [5, 5.41) is 0. The van der Waals surface area contributed by atoms with E-state index in [2.05, 4.69) is 148 Å². The van der Waals surface area contributed by atoms with E-state index in [0.29, 0.717) is 19.3 Å². The van der Waals surface area contributed by atoms with Crippen LogP contribution in [0.1, 0.15) is 316 Å². The number of rotatable bonds is 62. The highest BCUT2D eigenvalue weighted by atomic mass is 16.6. The third-order valence-corrected chi connectivity index (χ3v) is 14.6. The van der Waals surface area contributed by atoms with Crippen molar-refractivity contribution >= 4 is 17.9 Å². The van der Waals surface area contributed by atoms with Gasteiger partial charge in [-0.3, -0.25) is 14.4 Å². The molecule has 0 saturated carbocycles. The van der Waals surface area contributed by atoms with Gasteiger partial charge in [0.25, 0.3) is 0 Å². The molecule has 1 atom stereocenters. The summed E-state index contributed by atoms with van der Waals surface area (Å²) < 4.78 is 16.9. The van der Waals surface area contributed by atoms with Crippen molar-refractivity contribution in [3.8, 4) is 0 Å². The molecule has 0 N–H and O–H groups in total. The summed E-state index contributed by atoms with van der Waals surface area (Å²) in [6.45, 7) is 6.35. The van der Waals surface area contributed by atoms with Gasteiger partial charge in [0.15, 0.2) is 6.10 Å². The lowest BCUT2D eigenvalue weighted by molar-refractivity contribution is -0.166. The maximum atomic E-state index is 12.9. The Labute approximate surface area is 513 Å². The van der Waals surface area contributed by atoms with Gasteiger partial charge in [0.2, 0.25) is 0 Å². The fourth-order valence-corrected chi connectivity index (χ4v) is 9.52. The monoisotopic (exact) mass is 1150 g/mol. The van der Waals surface area contributed by atoms with Gasteiger partial charge in [0.1, 0.15) is 13.2 Å². The summed E-state index contributed by atoms with van der Waals surface area (Å²) in [6, 6.07) is 0. The zero-order valence-corrected chi connectivity index (χ0v) is 54.2. The number of esters is 3. The predicted octanol–water partition coefficient (Wildman–Crippen LogP) is 24.1. The topological polar surface area (TPSA) is 78.9 Å². The number of ether oxygens (including phenoxy) is 3. The van der Waals surface area contributed by atoms with Gasteiger partial charge in [0, 0.05) is 19.3 Å². The van der Waals surface area contributed by atoms with Crippen molar-refractivity contribution < 1.29 is 28.6 Å². The Morgan fingerprint density at radius 2 is 0.494 bits per heavy atom. The van der Waals surface area contributed by atoms with E-state index in [4.69, 9.17) is 14.2 Å². The molecule has 0 aromatic rings. The molecule has 472 valence electrons. The normalized spacial score (nSPS) is 13.0. The number of hydrogen-bond acceptors (Lipinski definition) is 6. The maximum Gasteiger partial charge on any atom is 0.306 e. The van der Waals surface area contributed by atoms with Crippen LogP contribution in [-0.4, -0.2) is 37.2 Å². The second kappa shape index (κ2) is 70.0. The lowest BCUT2D eigenvalue weighted by atomic mass is 10.0. The van der Waals surface area contributed by atoms with Gasteiger partial charge in [-0.1, -0.05) is 309 Å². The van der Waals surface area contributed by atoms with Gasteiger partial charge in [-0.05, 0) is 122 Å². The number of carbonyl (C=O) groups excluding carboxylic acids is 3. The summed E-state index contributed by atoms with van der Waals surface area (Å²) in [7, 11) is 0. The van der Waals surface area contributed by atoms with Crippen molar-refractivity contribution in [2.24, 2.45) is 0 Å². The highest BCUT2D eigenvalue weighted by Crippen LogP contribution is 2.17. The van der Waals surface area contributed by atoms with Gasteiger partial charge >= 0.3 is 17.9 Å². The molecule has 0 heterocycles. The highest BCUT2D eigenvalue weighted by molar-refractivity contribution is 5.71. The molecule has 0 radical (unpaired) electrons. The molecule has 0 rings (SSSR count). The highest BCUT2D eigenvalue weighted by Gasteiger charge is 2.19. The van der Waals surface area contributed by atoms with Crippen molar-refractivity contribution in [3.05, 3.63) is 134 Å². The van der Waals surface area contributed by atoms with Crippen molar-refractivity contribution in [2.75, 3.05) is 13.2 Å². The molecule has 0 amide bonds. The van der Waals surface area contributed by atoms with Gasteiger partial charge in [-0.15, -0.1) is 0 Å². The zero-order valence-electron chi connectivity index (χ0n) is 54.2. The molecule has 0 fully saturated rings. The van der Waals surface area contributed by atoms with Crippen LogP contribution in [-0.2, 0) is 28.6 Å². The number of carbonyl (C=O) groups is 3. The molecule has 83 heavy (non-hydrogen) atoms. The third-order valence-electron chi connectivity index (χ3n) is 14.6. The first-order chi connectivity index (χ1) is 41.0. The summed E-state index contributed by atoms with van der Waals surface area (Å²) >= 11 is 0.